The van der Waals surface area contributed by atoms with Crippen molar-refractivity contribution in [1.82, 2.24) is 5.32 Å². The van der Waals surface area contributed by atoms with Crippen molar-refractivity contribution in [3.05, 3.63) is 22.6 Å². The summed E-state index contributed by atoms with van der Waals surface area (Å²) in [4.78, 5) is 38.0. The lowest BCUT2D eigenvalue weighted by molar-refractivity contribution is -0.143. The summed E-state index contributed by atoms with van der Waals surface area (Å²) in [7, 11) is 1.46. The molecule has 0 bridgehead atoms. The third kappa shape index (κ3) is 13.3. The van der Waals surface area contributed by atoms with Crippen molar-refractivity contribution in [1.29, 1.82) is 0 Å². The summed E-state index contributed by atoms with van der Waals surface area (Å²) in [6.07, 6.45) is 19.2. The first-order chi connectivity index (χ1) is 18.0. The number of unbranched alkanes of at least 4 members (excludes halogenated alkanes) is 13. The van der Waals surface area contributed by atoms with Crippen molar-refractivity contribution >= 4 is 17.5 Å². The van der Waals surface area contributed by atoms with Crippen molar-refractivity contribution in [3.63, 3.8) is 0 Å². The van der Waals surface area contributed by atoms with E-state index in [-0.39, 0.29) is 23.3 Å². The number of carbonyl (C=O) groups excluding carboxylic acids is 3. The molecule has 6 nitrogen and oxygen atoms in total. The van der Waals surface area contributed by atoms with Crippen LogP contribution in [0.1, 0.15) is 136 Å². The molecule has 212 valence electrons. The van der Waals surface area contributed by atoms with Crippen LogP contribution in [0.3, 0.4) is 0 Å². The van der Waals surface area contributed by atoms with E-state index in [1.54, 1.807) is 6.92 Å². The van der Waals surface area contributed by atoms with E-state index in [0.717, 1.165) is 44.9 Å². The molecule has 1 rings (SSSR count). The Morgan fingerprint density at radius 3 is 1.84 bits per heavy atom. The standard InChI is InChI=1S/C31H53NO5/c1-5-7-9-11-12-13-14-15-16-17-18-21-26-30(35)28(25(3)29(34)31(26)36-4)32-23-20-22-27(33)37-24-19-10-8-6-2/h32H,5-24H2,1-4H3. The highest BCUT2D eigenvalue weighted by Gasteiger charge is 2.33. The van der Waals surface area contributed by atoms with E-state index in [1.807, 2.05) is 0 Å². The summed E-state index contributed by atoms with van der Waals surface area (Å²) in [5.74, 6) is -0.408. The average molecular weight is 520 g/mol. The Morgan fingerprint density at radius 1 is 0.730 bits per heavy atom. The molecule has 0 spiro atoms. The molecule has 0 saturated carbocycles. The minimum atomic E-state index is -0.228. The number of ether oxygens (including phenoxy) is 2. The molecule has 0 fully saturated rings. The van der Waals surface area contributed by atoms with Crippen LogP contribution >= 0.6 is 0 Å². The van der Waals surface area contributed by atoms with E-state index >= 15 is 0 Å². The Kier molecular flexibility index (Phi) is 18.6. The first-order valence-electron chi connectivity index (χ1n) is 14.9. The van der Waals surface area contributed by atoms with Gasteiger partial charge in [0.25, 0.3) is 0 Å². The fourth-order valence-electron chi connectivity index (χ4n) is 4.70. The molecule has 0 amide bonds. The van der Waals surface area contributed by atoms with Crippen LogP contribution in [0.25, 0.3) is 0 Å². The second kappa shape index (κ2) is 20.9. The Hall–Kier alpha value is -2.11. The van der Waals surface area contributed by atoms with Gasteiger partial charge in [0.15, 0.2) is 5.76 Å². The zero-order valence-electron chi connectivity index (χ0n) is 24.2. The number of carbonyl (C=O) groups is 3. The maximum atomic E-state index is 13.2. The number of hydrogen-bond acceptors (Lipinski definition) is 6. The van der Waals surface area contributed by atoms with Gasteiger partial charge >= 0.3 is 5.97 Å². The van der Waals surface area contributed by atoms with Gasteiger partial charge in [-0.2, -0.15) is 0 Å². The predicted molar refractivity (Wildman–Crippen MR) is 150 cm³/mol. The van der Waals surface area contributed by atoms with Crippen LogP contribution in [0.2, 0.25) is 0 Å². The van der Waals surface area contributed by atoms with Crippen LogP contribution in [-0.2, 0) is 23.9 Å². The molecule has 0 atom stereocenters. The lowest BCUT2D eigenvalue weighted by Gasteiger charge is -2.22. The van der Waals surface area contributed by atoms with Crippen molar-refractivity contribution in [2.45, 2.75) is 136 Å². The van der Waals surface area contributed by atoms with Gasteiger partial charge in [0.1, 0.15) is 0 Å². The molecule has 0 heterocycles. The molecule has 0 aliphatic heterocycles. The Labute approximate surface area is 226 Å². The smallest absolute Gasteiger partial charge is 0.305 e. The Bertz CT molecular complexity index is 753. The minimum absolute atomic E-state index is 0.153. The van der Waals surface area contributed by atoms with Crippen molar-refractivity contribution in [2.75, 3.05) is 20.3 Å². The van der Waals surface area contributed by atoms with Crippen LogP contribution < -0.4 is 5.32 Å². The number of rotatable bonds is 23. The highest BCUT2D eigenvalue weighted by Crippen LogP contribution is 2.27. The molecule has 0 unspecified atom stereocenters. The Morgan fingerprint density at radius 2 is 1.27 bits per heavy atom. The zero-order valence-corrected chi connectivity index (χ0v) is 24.2. The summed E-state index contributed by atoms with van der Waals surface area (Å²) in [6, 6.07) is 0. The van der Waals surface area contributed by atoms with Gasteiger partial charge in [-0.3, -0.25) is 14.4 Å². The summed E-state index contributed by atoms with van der Waals surface area (Å²) in [5.41, 5.74) is 1.20. The second-order valence-electron chi connectivity index (χ2n) is 10.3. The molecule has 0 saturated heterocycles. The fraction of sp³-hybridized carbons (Fsp3) is 0.774. The quantitative estimate of drug-likeness (QED) is 0.0854. The lowest BCUT2D eigenvalue weighted by atomic mass is 9.89. The van der Waals surface area contributed by atoms with E-state index < -0.39 is 0 Å². The van der Waals surface area contributed by atoms with E-state index in [9.17, 15) is 14.4 Å². The molecule has 37 heavy (non-hydrogen) atoms. The van der Waals surface area contributed by atoms with Crippen LogP contribution in [0, 0.1) is 0 Å². The first kappa shape index (κ1) is 32.9. The molecule has 0 aromatic rings. The number of hydrogen-bond donors (Lipinski definition) is 1. The molecule has 1 aliphatic rings. The van der Waals surface area contributed by atoms with Gasteiger partial charge in [-0.1, -0.05) is 97.3 Å². The average Bonchev–Trinajstić information content (AvgIpc) is 2.89. The van der Waals surface area contributed by atoms with Gasteiger partial charge in [-0.05, 0) is 32.6 Å². The van der Waals surface area contributed by atoms with Crippen LogP contribution in [-0.4, -0.2) is 37.8 Å². The second-order valence-corrected chi connectivity index (χ2v) is 10.3. The largest absolute Gasteiger partial charge is 0.492 e. The van der Waals surface area contributed by atoms with Gasteiger partial charge in [-0.15, -0.1) is 0 Å². The summed E-state index contributed by atoms with van der Waals surface area (Å²) < 4.78 is 10.6. The monoisotopic (exact) mass is 519 g/mol. The van der Waals surface area contributed by atoms with Gasteiger partial charge in [-0.25, -0.2) is 0 Å². The van der Waals surface area contributed by atoms with Crippen LogP contribution in [0.5, 0.6) is 0 Å². The third-order valence-electron chi connectivity index (χ3n) is 7.05. The van der Waals surface area contributed by atoms with E-state index in [0.29, 0.717) is 49.3 Å². The number of ketones is 2. The van der Waals surface area contributed by atoms with Crippen LogP contribution in [0.4, 0.5) is 0 Å². The topological polar surface area (TPSA) is 81.7 Å². The highest BCUT2D eigenvalue weighted by atomic mass is 16.5. The summed E-state index contributed by atoms with van der Waals surface area (Å²) >= 11 is 0. The van der Waals surface area contributed by atoms with Gasteiger partial charge < -0.3 is 14.8 Å². The van der Waals surface area contributed by atoms with Crippen molar-refractivity contribution in [2.24, 2.45) is 0 Å². The van der Waals surface area contributed by atoms with Gasteiger partial charge in [0.05, 0.1) is 19.4 Å². The number of nitrogens with one attached hydrogen (secondary N) is 1. The minimum Gasteiger partial charge on any atom is -0.492 e. The SMILES string of the molecule is CCCCCCCCCCCCCC1=C(OC)C(=O)C(C)=C(NCCCC(=O)OCCCCCC)C1=O. The van der Waals surface area contributed by atoms with E-state index in [1.165, 1.54) is 58.5 Å². The van der Waals surface area contributed by atoms with Crippen LogP contribution in [0.15, 0.2) is 22.6 Å². The maximum Gasteiger partial charge on any atom is 0.305 e. The zero-order chi connectivity index (χ0) is 27.3. The highest BCUT2D eigenvalue weighted by molar-refractivity contribution is 6.23. The lowest BCUT2D eigenvalue weighted by Crippen LogP contribution is -2.32. The summed E-state index contributed by atoms with van der Waals surface area (Å²) in [6.45, 7) is 6.95. The summed E-state index contributed by atoms with van der Waals surface area (Å²) in [5, 5.41) is 3.12. The van der Waals surface area contributed by atoms with E-state index in [4.69, 9.17) is 9.47 Å². The third-order valence-corrected chi connectivity index (χ3v) is 7.05. The van der Waals surface area contributed by atoms with E-state index in [2.05, 4.69) is 19.2 Å². The molecule has 6 heteroatoms. The van der Waals surface area contributed by atoms with Crippen molar-refractivity contribution < 1.29 is 23.9 Å². The van der Waals surface area contributed by atoms with Gasteiger partial charge in [0.2, 0.25) is 11.6 Å². The predicted octanol–water partition coefficient (Wildman–Crippen LogP) is 7.51. The van der Waals surface area contributed by atoms with Gasteiger partial charge in [0, 0.05) is 24.1 Å². The fourth-order valence-corrected chi connectivity index (χ4v) is 4.70. The number of esters is 1. The molecule has 0 aromatic heterocycles. The Balaban J connectivity index is 2.39. The molecule has 0 aromatic carbocycles. The molecular formula is C31H53NO5. The molecule has 0 radical (unpaired) electrons. The van der Waals surface area contributed by atoms with Crippen molar-refractivity contribution in [3.8, 4) is 0 Å². The number of methoxy groups -OCH3 is 1. The maximum absolute atomic E-state index is 13.2. The number of allylic oxidation sites excluding steroid dienone is 2. The first-order valence-corrected chi connectivity index (χ1v) is 14.9. The number of Topliss-reactive ketones (excluding diaryl/α,β-unsaturated/α-hetero) is 2. The molecular weight excluding hydrogens is 466 g/mol. The normalized spacial score (nSPS) is 13.9. The molecule has 1 aliphatic carbocycles. The molecule has 1 N–H and O–H groups in total.